The number of aryl methyl sites for hydroxylation is 1. The maximum absolute atomic E-state index is 12.1. The molecular weight excluding hydrogens is 174 g/mol. The van der Waals surface area contributed by atoms with Crippen LogP contribution in [-0.2, 0) is 0 Å². The van der Waals surface area contributed by atoms with E-state index in [1.807, 2.05) is 19.1 Å². The molecule has 72 valence electrons. The monoisotopic (exact) mass is 186 g/mol. The molecule has 0 spiro atoms. The summed E-state index contributed by atoms with van der Waals surface area (Å²) in [4.78, 5) is 0. The van der Waals surface area contributed by atoms with E-state index in [-0.39, 0.29) is 0 Å². The molecule has 0 amide bonds. The standard InChI is InChI=1S/C10H12F2O/c1-8-2-4-9(5-3-8)13-10(6-11)7-12/h2-5,10H,6-7H2,1H3. The third-order valence-electron chi connectivity index (χ3n) is 1.67. The van der Waals surface area contributed by atoms with Crippen molar-refractivity contribution in [3.8, 4) is 5.75 Å². The van der Waals surface area contributed by atoms with Crippen LogP contribution in [0.25, 0.3) is 0 Å². The highest BCUT2D eigenvalue weighted by molar-refractivity contribution is 5.26. The van der Waals surface area contributed by atoms with E-state index in [0.717, 1.165) is 5.56 Å². The highest BCUT2D eigenvalue weighted by atomic mass is 19.1. The first-order chi connectivity index (χ1) is 6.26. The lowest BCUT2D eigenvalue weighted by molar-refractivity contribution is 0.133. The average Bonchev–Trinajstić information content (AvgIpc) is 2.17. The maximum Gasteiger partial charge on any atom is 0.155 e. The summed E-state index contributed by atoms with van der Waals surface area (Å²) in [5.74, 6) is 0.505. The third-order valence-corrected chi connectivity index (χ3v) is 1.67. The van der Waals surface area contributed by atoms with Gasteiger partial charge in [-0.2, -0.15) is 0 Å². The van der Waals surface area contributed by atoms with Crippen molar-refractivity contribution in [3.63, 3.8) is 0 Å². The summed E-state index contributed by atoms with van der Waals surface area (Å²) in [5.41, 5.74) is 1.09. The molecule has 1 aromatic rings. The molecule has 0 aliphatic rings. The Morgan fingerprint density at radius 2 is 1.69 bits per heavy atom. The van der Waals surface area contributed by atoms with Crippen LogP contribution in [0.4, 0.5) is 8.78 Å². The van der Waals surface area contributed by atoms with Gasteiger partial charge in [-0.1, -0.05) is 17.7 Å². The minimum absolute atomic E-state index is 0.505. The second-order valence-corrected chi connectivity index (χ2v) is 2.86. The Bertz CT molecular complexity index is 242. The molecule has 1 rings (SSSR count). The van der Waals surface area contributed by atoms with Crippen molar-refractivity contribution in [2.24, 2.45) is 0 Å². The van der Waals surface area contributed by atoms with Crippen LogP contribution in [-0.4, -0.2) is 19.5 Å². The maximum atomic E-state index is 12.1. The zero-order chi connectivity index (χ0) is 9.68. The summed E-state index contributed by atoms with van der Waals surface area (Å²) in [7, 11) is 0. The molecule has 3 heteroatoms. The van der Waals surface area contributed by atoms with Gasteiger partial charge in [-0.3, -0.25) is 0 Å². The van der Waals surface area contributed by atoms with Gasteiger partial charge in [0.1, 0.15) is 19.1 Å². The van der Waals surface area contributed by atoms with Crippen molar-refractivity contribution >= 4 is 0 Å². The van der Waals surface area contributed by atoms with E-state index < -0.39 is 19.5 Å². The fraction of sp³-hybridized carbons (Fsp3) is 0.400. The van der Waals surface area contributed by atoms with E-state index in [4.69, 9.17) is 4.74 Å². The molecule has 1 aromatic carbocycles. The Morgan fingerprint density at radius 3 is 2.15 bits per heavy atom. The Balaban J connectivity index is 2.58. The van der Waals surface area contributed by atoms with Gasteiger partial charge < -0.3 is 4.74 Å². The van der Waals surface area contributed by atoms with Gasteiger partial charge >= 0.3 is 0 Å². The highest BCUT2D eigenvalue weighted by Crippen LogP contribution is 2.13. The topological polar surface area (TPSA) is 9.23 Å². The van der Waals surface area contributed by atoms with Crippen LogP contribution >= 0.6 is 0 Å². The van der Waals surface area contributed by atoms with Gasteiger partial charge in [0.15, 0.2) is 6.10 Å². The predicted molar refractivity (Wildman–Crippen MR) is 47.5 cm³/mol. The number of alkyl halides is 2. The van der Waals surface area contributed by atoms with Crippen LogP contribution in [0.3, 0.4) is 0 Å². The van der Waals surface area contributed by atoms with Crippen molar-refractivity contribution in [2.75, 3.05) is 13.3 Å². The lowest BCUT2D eigenvalue weighted by atomic mass is 10.2. The second-order valence-electron chi connectivity index (χ2n) is 2.86. The fourth-order valence-corrected chi connectivity index (χ4v) is 0.914. The summed E-state index contributed by atoms with van der Waals surface area (Å²) in [6.07, 6.45) is -0.970. The quantitative estimate of drug-likeness (QED) is 0.702. The lowest BCUT2D eigenvalue weighted by Crippen LogP contribution is -2.20. The molecular formula is C10H12F2O. The number of benzene rings is 1. The van der Waals surface area contributed by atoms with E-state index in [0.29, 0.717) is 5.75 Å². The minimum atomic E-state index is -0.970. The van der Waals surface area contributed by atoms with E-state index >= 15 is 0 Å². The summed E-state index contributed by atoms with van der Waals surface area (Å²) in [6.45, 7) is 0.334. The average molecular weight is 186 g/mol. The predicted octanol–water partition coefficient (Wildman–Crippen LogP) is 2.68. The number of hydrogen-bond donors (Lipinski definition) is 0. The van der Waals surface area contributed by atoms with Crippen LogP contribution in [0.5, 0.6) is 5.75 Å². The molecule has 0 aliphatic heterocycles. The van der Waals surface area contributed by atoms with Crippen LogP contribution in [0.1, 0.15) is 5.56 Å². The first-order valence-corrected chi connectivity index (χ1v) is 4.11. The molecule has 1 nitrogen and oxygen atoms in total. The van der Waals surface area contributed by atoms with Crippen LogP contribution in [0, 0.1) is 6.92 Å². The molecule has 0 atom stereocenters. The second kappa shape index (κ2) is 4.80. The summed E-state index contributed by atoms with van der Waals surface area (Å²) < 4.78 is 29.1. The van der Waals surface area contributed by atoms with Crippen LogP contribution < -0.4 is 4.74 Å². The van der Waals surface area contributed by atoms with Gasteiger partial charge in [-0.15, -0.1) is 0 Å². The molecule has 0 radical (unpaired) electrons. The summed E-state index contributed by atoms with van der Waals surface area (Å²) >= 11 is 0. The van der Waals surface area contributed by atoms with Crippen molar-refractivity contribution in [2.45, 2.75) is 13.0 Å². The van der Waals surface area contributed by atoms with Gasteiger partial charge in [0, 0.05) is 0 Å². The van der Waals surface area contributed by atoms with Crippen molar-refractivity contribution in [1.29, 1.82) is 0 Å². The Kier molecular flexibility index (Phi) is 3.68. The summed E-state index contributed by atoms with van der Waals surface area (Å²) in [6, 6.07) is 7.08. The molecule has 13 heavy (non-hydrogen) atoms. The third kappa shape index (κ3) is 3.01. The van der Waals surface area contributed by atoms with Gasteiger partial charge in [0.05, 0.1) is 0 Å². The molecule has 0 aromatic heterocycles. The Morgan fingerprint density at radius 1 is 1.15 bits per heavy atom. The molecule has 0 saturated carbocycles. The first-order valence-electron chi connectivity index (χ1n) is 4.11. The van der Waals surface area contributed by atoms with Crippen LogP contribution in [0.2, 0.25) is 0 Å². The van der Waals surface area contributed by atoms with Gasteiger partial charge in [0.2, 0.25) is 0 Å². The smallest absolute Gasteiger partial charge is 0.155 e. The zero-order valence-electron chi connectivity index (χ0n) is 7.47. The molecule has 0 fully saturated rings. The number of ether oxygens (including phenoxy) is 1. The largest absolute Gasteiger partial charge is 0.485 e. The van der Waals surface area contributed by atoms with Crippen LogP contribution in [0.15, 0.2) is 24.3 Å². The molecule has 0 heterocycles. The van der Waals surface area contributed by atoms with E-state index in [9.17, 15) is 8.78 Å². The minimum Gasteiger partial charge on any atom is -0.485 e. The highest BCUT2D eigenvalue weighted by Gasteiger charge is 2.08. The molecule has 0 aliphatic carbocycles. The van der Waals surface area contributed by atoms with Gasteiger partial charge in [-0.05, 0) is 19.1 Å². The van der Waals surface area contributed by atoms with Gasteiger partial charge in [-0.25, -0.2) is 8.78 Å². The molecule has 0 N–H and O–H groups in total. The molecule has 0 saturated heterocycles. The van der Waals surface area contributed by atoms with Gasteiger partial charge in [0.25, 0.3) is 0 Å². The van der Waals surface area contributed by atoms with Crippen molar-refractivity contribution in [1.82, 2.24) is 0 Å². The molecule has 0 unspecified atom stereocenters. The number of halogens is 2. The Hall–Kier alpha value is -1.12. The fourth-order valence-electron chi connectivity index (χ4n) is 0.914. The summed E-state index contributed by atoms with van der Waals surface area (Å²) in [5, 5.41) is 0. The van der Waals surface area contributed by atoms with Crippen molar-refractivity contribution in [3.05, 3.63) is 29.8 Å². The zero-order valence-corrected chi connectivity index (χ0v) is 7.47. The molecule has 0 bridgehead atoms. The first kappa shape index (κ1) is 9.96. The normalized spacial score (nSPS) is 10.5. The SMILES string of the molecule is Cc1ccc(OC(CF)CF)cc1. The van der Waals surface area contributed by atoms with E-state index in [2.05, 4.69) is 0 Å². The van der Waals surface area contributed by atoms with E-state index in [1.165, 1.54) is 0 Å². The number of hydrogen-bond acceptors (Lipinski definition) is 1. The lowest BCUT2D eigenvalue weighted by Gasteiger charge is -2.12. The number of rotatable bonds is 4. The van der Waals surface area contributed by atoms with E-state index in [1.54, 1.807) is 12.1 Å². The van der Waals surface area contributed by atoms with Crippen molar-refractivity contribution < 1.29 is 13.5 Å². The Labute approximate surface area is 76.3 Å².